The van der Waals surface area contributed by atoms with Crippen molar-refractivity contribution in [2.24, 2.45) is 0 Å². The second kappa shape index (κ2) is 7.57. The molecule has 0 aliphatic heterocycles. The average molecular weight is 289 g/mol. The van der Waals surface area contributed by atoms with Gasteiger partial charge in [-0.15, -0.1) is 0 Å². The van der Waals surface area contributed by atoms with Crippen molar-refractivity contribution in [1.29, 1.82) is 0 Å². The van der Waals surface area contributed by atoms with E-state index >= 15 is 0 Å². The lowest BCUT2D eigenvalue weighted by Crippen LogP contribution is -2.10. The molecule has 0 saturated heterocycles. The van der Waals surface area contributed by atoms with Crippen molar-refractivity contribution in [2.45, 2.75) is 26.7 Å². The van der Waals surface area contributed by atoms with Crippen LogP contribution in [-0.4, -0.2) is 23.1 Å². The van der Waals surface area contributed by atoms with Crippen molar-refractivity contribution in [2.75, 3.05) is 18.5 Å². The molecular formula is C16H20FN3O. The second-order valence-electron chi connectivity index (χ2n) is 4.59. The molecule has 112 valence electrons. The molecule has 0 atom stereocenters. The highest BCUT2D eigenvalue weighted by molar-refractivity contribution is 5.38. The smallest absolute Gasteiger partial charge is 0.186 e. The van der Waals surface area contributed by atoms with Crippen LogP contribution in [0.25, 0.3) is 0 Å². The summed E-state index contributed by atoms with van der Waals surface area (Å²) in [6.07, 6.45) is 2.71. The fraction of sp³-hybridized carbons (Fsp3) is 0.375. The molecule has 4 nitrogen and oxygen atoms in total. The molecule has 0 saturated carbocycles. The van der Waals surface area contributed by atoms with Crippen LogP contribution in [0.4, 0.5) is 10.2 Å². The van der Waals surface area contributed by atoms with Crippen molar-refractivity contribution in [3.8, 4) is 5.75 Å². The van der Waals surface area contributed by atoms with Gasteiger partial charge in [0, 0.05) is 6.54 Å². The van der Waals surface area contributed by atoms with Gasteiger partial charge >= 0.3 is 0 Å². The first-order chi connectivity index (χ1) is 10.2. The van der Waals surface area contributed by atoms with Crippen molar-refractivity contribution in [3.63, 3.8) is 0 Å². The second-order valence-corrected chi connectivity index (χ2v) is 4.59. The molecule has 0 spiro atoms. The maximum Gasteiger partial charge on any atom is 0.186 e. The number of aromatic nitrogens is 2. The van der Waals surface area contributed by atoms with Gasteiger partial charge in [-0.2, -0.15) is 0 Å². The predicted octanol–water partition coefficient (Wildman–Crippen LogP) is 3.23. The Kier molecular flexibility index (Phi) is 5.49. The molecule has 1 aromatic carbocycles. The Morgan fingerprint density at radius 3 is 2.86 bits per heavy atom. The van der Waals surface area contributed by atoms with Crippen LogP contribution < -0.4 is 10.1 Å². The Labute approximate surface area is 124 Å². The van der Waals surface area contributed by atoms with Gasteiger partial charge in [0.15, 0.2) is 11.6 Å². The predicted molar refractivity (Wildman–Crippen MR) is 81.2 cm³/mol. The van der Waals surface area contributed by atoms with E-state index in [-0.39, 0.29) is 11.6 Å². The summed E-state index contributed by atoms with van der Waals surface area (Å²) >= 11 is 0. The van der Waals surface area contributed by atoms with Crippen LogP contribution in [0.1, 0.15) is 25.1 Å². The number of hydrogen-bond acceptors (Lipinski definition) is 4. The summed E-state index contributed by atoms with van der Waals surface area (Å²) in [6, 6.07) is 7.91. The van der Waals surface area contributed by atoms with E-state index in [1.807, 2.05) is 38.1 Å². The number of hydrogen-bond donors (Lipinski definition) is 1. The first-order valence-corrected chi connectivity index (χ1v) is 7.19. The molecule has 1 heterocycles. The first kappa shape index (κ1) is 15.2. The normalized spacial score (nSPS) is 10.4. The number of rotatable bonds is 7. The minimum atomic E-state index is -0.358. The summed E-state index contributed by atoms with van der Waals surface area (Å²) in [5.41, 5.74) is 1.57. The minimum Gasteiger partial charge on any atom is -0.494 e. The highest BCUT2D eigenvalue weighted by Gasteiger charge is 2.08. The maximum absolute atomic E-state index is 14.0. The molecule has 5 heteroatoms. The largest absolute Gasteiger partial charge is 0.494 e. The molecule has 0 aliphatic carbocycles. The van der Waals surface area contributed by atoms with Gasteiger partial charge in [0.1, 0.15) is 12.1 Å². The van der Waals surface area contributed by atoms with Crippen LogP contribution in [0.2, 0.25) is 0 Å². The zero-order valence-electron chi connectivity index (χ0n) is 12.4. The van der Waals surface area contributed by atoms with E-state index in [0.29, 0.717) is 25.3 Å². The number of aryl methyl sites for hydroxylation is 1. The van der Waals surface area contributed by atoms with Crippen LogP contribution in [0.15, 0.2) is 30.6 Å². The number of nitrogens with zero attached hydrogens (tertiary/aromatic N) is 2. The maximum atomic E-state index is 14.0. The molecular weight excluding hydrogens is 269 g/mol. The van der Waals surface area contributed by atoms with Crippen LogP contribution in [0.3, 0.4) is 0 Å². The summed E-state index contributed by atoms with van der Waals surface area (Å²) in [5, 5.41) is 3.02. The molecule has 0 fully saturated rings. The number of ether oxygens (including phenoxy) is 1. The van der Waals surface area contributed by atoms with Gasteiger partial charge in [-0.1, -0.05) is 19.1 Å². The van der Waals surface area contributed by atoms with Crippen molar-refractivity contribution in [1.82, 2.24) is 9.97 Å². The third-order valence-corrected chi connectivity index (χ3v) is 3.11. The first-order valence-electron chi connectivity index (χ1n) is 7.19. The highest BCUT2D eigenvalue weighted by atomic mass is 19.1. The lowest BCUT2D eigenvalue weighted by Gasteiger charge is -2.09. The molecule has 1 N–H and O–H groups in total. The van der Waals surface area contributed by atoms with Gasteiger partial charge in [-0.05, 0) is 37.5 Å². The minimum absolute atomic E-state index is 0.266. The van der Waals surface area contributed by atoms with Crippen LogP contribution in [0, 0.1) is 5.82 Å². The summed E-state index contributed by atoms with van der Waals surface area (Å²) < 4.78 is 19.4. The molecule has 0 radical (unpaired) electrons. The molecule has 0 aliphatic rings. The van der Waals surface area contributed by atoms with Gasteiger partial charge in [0.05, 0.1) is 12.3 Å². The molecule has 21 heavy (non-hydrogen) atoms. The molecule has 0 amide bonds. The zero-order chi connectivity index (χ0) is 15.1. The Morgan fingerprint density at radius 2 is 2.10 bits per heavy atom. The Balaban J connectivity index is 1.94. The Bertz CT molecular complexity index is 589. The lowest BCUT2D eigenvalue weighted by atomic mass is 10.1. The monoisotopic (exact) mass is 289 g/mol. The summed E-state index contributed by atoms with van der Waals surface area (Å²) in [7, 11) is 0. The summed E-state index contributed by atoms with van der Waals surface area (Å²) in [4.78, 5) is 7.86. The van der Waals surface area contributed by atoms with Gasteiger partial charge in [-0.3, -0.25) is 0 Å². The molecule has 2 aromatic rings. The van der Waals surface area contributed by atoms with E-state index in [1.54, 1.807) is 0 Å². The molecule has 2 rings (SSSR count). The van der Waals surface area contributed by atoms with Crippen LogP contribution in [0.5, 0.6) is 5.75 Å². The molecule has 0 bridgehead atoms. The topological polar surface area (TPSA) is 47.0 Å². The van der Waals surface area contributed by atoms with Crippen molar-refractivity contribution < 1.29 is 9.13 Å². The third kappa shape index (κ3) is 4.15. The van der Waals surface area contributed by atoms with Crippen LogP contribution in [-0.2, 0) is 12.8 Å². The molecule has 0 unspecified atom stereocenters. The standard InChI is InChI=1S/C16H20FN3O/c1-3-14-15(17)16(20-11-19-14)18-9-8-12-6-5-7-13(10-12)21-4-2/h5-7,10-11H,3-4,8-9H2,1-2H3,(H,18,19,20). The molecule has 1 aromatic heterocycles. The summed E-state index contributed by atoms with van der Waals surface area (Å²) in [5.74, 6) is 0.766. The van der Waals surface area contributed by atoms with Gasteiger partial charge in [0.25, 0.3) is 0 Å². The zero-order valence-corrected chi connectivity index (χ0v) is 12.4. The highest BCUT2D eigenvalue weighted by Crippen LogP contribution is 2.15. The van der Waals surface area contributed by atoms with Gasteiger partial charge in [-0.25, -0.2) is 14.4 Å². The SMILES string of the molecule is CCOc1cccc(CCNc2ncnc(CC)c2F)c1. The lowest BCUT2D eigenvalue weighted by molar-refractivity contribution is 0.340. The number of anilines is 1. The Morgan fingerprint density at radius 1 is 1.24 bits per heavy atom. The van der Waals surface area contributed by atoms with E-state index in [1.165, 1.54) is 6.33 Å². The van der Waals surface area contributed by atoms with Crippen LogP contribution >= 0.6 is 0 Å². The van der Waals surface area contributed by atoms with E-state index in [2.05, 4.69) is 15.3 Å². The number of benzene rings is 1. The van der Waals surface area contributed by atoms with E-state index in [0.717, 1.165) is 17.7 Å². The Hall–Kier alpha value is -2.17. The van der Waals surface area contributed by atoms with Gasteiger partial charge in [0.2, 0.25) is 0 Å². The summed E-state index contributed by atoms with van der Waals surface area (Å²) in [6.45, 7) is 5.08. The fourth-order valence-corrected chi connectivity index (χ4v) is 2.06. The van der Waals surface area contributed by atoms with Crippen molar-refractivity contribution in [3.05, 3.63) is 47.7 Å². The quantitative estimate of drug-likeness (QED) is 0.850. The van der Waals surface area contributed by atoms with E-state index in [4.69, 9.17) is 4.74 Å². The van der Waals surface area contributed by atoms with Gasteiger partial charge < -0.3 is 10.1 Å². The third-order valence-electron chi connectivity index (χ3n) is 3.11. The average Bonchev–Trinajstić information content (AvgIpc) is 2.50. The van der Waals surface area contributed by atoms with E-state index < -0.39 is 0 Å². The van der Waals surface area contributed by atoms with Crippen molar-refractivity contribution >= 4 is 5.82 Å². The van der Waals surface area contributed by atoms with E-state index in [9.17, 15) is 4.39 Å². The fourth-order valence-electron chi connectivity index (χ4n) is 2.06. The number of nitrogens with one attached hydrogen (secondary N) is 1. The number of halogens is 1.